The fourth-order valence-corrected chi connectivity index (χ4v) is 5.43. The van der Waals surface area contributed by atoms with Gasteiger partial charge >= 0.3 is 0 Å². The van der Waals surface area contributed by atoms with Crippen LogP contribution in [0.3, 0.4) is 0 Å². The van der Waals surface area contributed by atoms with Crippen molar-refractivity contribution in [3.8, 4) is 5.75 Å². The minimum Gasteiger partial charge on any atom is -0.479 e. The highest BCUT2D eigenvalue weighted by atomic mass is 35.5. The number of aromatic nitrogens is 1. The predicted octanol–water partition coefficient (Wildman–Crippen LogP) is 7.74. The Kier molecular flexibility index (Phi) is 9.35. The van der Waals surface area contributed by atoms with E-state index in [1.54, 1.807) is 26.1 Å². The van der Waals surface area contributed by atoms with E-state index in [-0.39, 0.29) is 17.9 Å². The Hall–Kier alpha value is -3.48. The Morgan fingerprint density at radius 1 is 0.927 bits per heavy atom. The van der Waals surface area contributed by atoms with Crippen LogP contribution >= 0.6 is 23.2 Å². The molecule has 2 atom stereocenters. The van der Waals surface area contributed by atoms with E-state index in [2.05, 4.69) is 48.1 Å². The average molecular weight is 595 g/mol. The molecular formula is C33H37Cl2N3O3. The number of nitrogens with one attached hydrogen (secondary N) is 2. The Balaban J connectivity index is 1.60. The van der Waals surface area contributed by atoms with E-state index in [0.717, 1.165) is 33.3 Å². The molecule has 0 radical (unpaired) electrons. The quantitative estimate of drug-likeness (QED) is 0.208. The first-order valence-corrected chi connectivity index (χ1v) is 14.5. The fourth-order valence-electron chi connectivity index (χ4n) is 4.95. The highest BCUT2D eigenvalue weighted by molar-refractivity contribution is 6.36. The molecule has 0 bridgehead atoms. The maximum atomic E-state index is 13.3. The van der Waals surface area contributed by atoms with Gasteiger partial charge in [-0.25, -0.2) is 0 Å². The second-order valence-corrected chi connectivity index (χ2v) is 11.6. The van der Waals surface area contributed by atoms with Crippen LogP contribution in [0.25, 0.3) is 10.9 Å². The first-order valence-electron chi connectivity index (χ1n) is 13.8. The molecule has 3 aromatic carbocycles. The van der Waals surface area contributed by atoms with Crippen molar-refractivity contribution in [2.75, 3.05) is 7.05 Å². The second-order valence-electron chi connectivity index (χ2n) is 10.8. The summed E-state index contributed by atoms with van der Waals surface area (Å²) in [5.41, 5.74) is 6.87. The lowest BCUT2D eigenvalue weighted by atomic mass is 9.98. The van der Waals surface area contributed by atoms with Crippen molar-refractivity contribution in [3.63, 3.8) is 0 Å². The molecule has 1 aromatic heterocycles. The van der Waals surface area contributed by atoms with Gasteiger partial charge in [0, 0.05) is 40.8 Å². The van der Waals surface area contributed by atoms with Crippen LogP contribution in [0.2, 0.25) is 10.0 Å². The number of aryl methyl sites for hydroxylation is 1. The SMILES string of the molecule is CNC(=O)C(C)Oc1cc(Cn2c(C)c(C)c3cc(C(=O)N[C@@H](C)c4cccc(C(C)C)c4)ccc32)c(Cl)cc1Cl. The number of fused-ring (bicyclic) bond motifs is 1. The van der Waals surface area contributed by atoms with Crippen molar-refractivity contribution in [1.29, 1.82) is 0 Å². The number of nitrogens with zero attached hydrogens (tertiary/aromatic N) is 1. The van der Waals surface area contributed by atoms with Gasteiger partial charge in [0.05, 0.1) is 11.1 Å². The van der Waals surface area contributed by atoms with E-state index < -0.39 is 6.10 Å². The van der Waals surface area contributed by atoms with Crippen LogP contribution in [-0.4, -0.2) is 29.5 Å². The number of carbonyl (C=O) groups excluding carboxylic acids is 2. The fraction of sp³-hybridized carbons (Fsp3) is 0.333. The van der Waals surface area contributed by atoms with Crippen molar-refractivity contribution >= 4 is 45.9 Å². The monoisotopic (exact) mass is 593 g/mol. The molecule has 0 saturated carbocycles. The Morgan fingerprint density at radius 2 is 1.63 bits per heavy atom. The summed E-state index contributed by atoms with van der Waals surface area (Å²) in [5.74, 6) is 0.439. The third kappa shape index (κ3) is 6.55. The molecule has 1 unspecified atom stereocenters. The van der Waals surface area contributed by atoms with Gasteiger partial charge in [-0.3, -0.25) is 9.59 Å². The summed E-state index contributed by atoms with van der Waals surface area (Å²) >= 11 is 13.0. The van der Waals surface area contributed by atoms with E-state index in [0.29, 0.717) is 33.8 Å². The molecule has 41 heavy (non-hydrogen) atoms. The number of halogens is 2. The molecule has 0 aliphatic carbocycles. The van der Waals surface area contributed by atoms with Gasteiger partial charge in [0.2, 0.25) is 0 Å². The number of benzene rings is 3. The average Bonchev–Trinajstić information content (AvgIpc) is 3.19. The third-order valence-corrected chi connectivity index (χ3v) is 8.32. The highest BCUT2D eigenvalue weighted by Crippen LogP contribution is 2.34. The summed E-state index contributed by atoms with van der Waals surface area (Å²) in [4.78, 5) is 25.2. The summed E-state index contributed by atoms with van der Waals surface area (Å²) in [6.07, 6.45) is -0.714. The third-order valence-electron chi connectivity index (χ3n) is 7.67. The van der Waals surface area contributed by atoms with Crippen LogP contribution in [0.15, 0.2) is 54.6 Å². The number of rotatable bonds is 9. The van der Waals surface area contributed by atoms with E-state index >= 15 is 0 Å². The normalized spacial score (nSPS) is 12.8. The zero-order valence-corrected chi connectivity index (χ0v) is 26.1. The summed E-state index contributed by atoms with van der Waals surface area (Å²) in [5, 5.41) is 7.56. The van der Waals surface area contributed by atoms with Crippen molar-refractivity contribution in [3.05, 3.63) is 98.2 Å². The molecule has 2 amide bonds. The topological polar surface area (TPSA) is 72.4 Å². The van der Waals surface area contributed by atoms with Gasteiger partial charge in [-0.1, -0.05) is 61.3 Å². The molecule has 0 saturated heterocycles. The van der Waals surface area contributed by atoms with Gasteiger partial charge in [0.1, 0.15) is 5.75 Å². The number of hydrogen-bond donors (Lipinski definition) is 2. The highest BCUT2D eigenvalue weighted by Gasteiger charge is 2.20. The lowest BCUT2D eigenvalue weighted by Crippen LogP contribution is -2.33. The number of likely N-dealkylation sites (N-methyl/N-ethyl adjacent to an activating group) is 1. The number of carbonyl (C=O) groups is 2. The van der Waals surface area contributed by atoms with E-state index in [1.165, 1.54) is 5.56 Å². The molecule has 4 aromatic rings. The van der Waals surface area contributed by atoms with Gasteiger partial charge in [-0.05, 0) is 86.2 Å². The molecule has 0 fully saturated rings. The van der Waals surface area contributed by atoms with Crippen LogP contribution in [0.1, 0.15) is 78.0 Å². The zero-order valence-electron chi connectivity index (χ0n) is 24.6. The van der Waals surface area contributed by atoms with Crippen molar-refractivity contribution in [2.24, 2.45) is 0 Å². The maximum absolute atomic E-state index is 13.3. The van der Waals surface area contributed by atoms with E-state index in [4.69, 9.17) is 27.9 Å². The second kappa shape index (κ2) is 12.6. The minimum atomic E-state index is -0.714. The maximum Gasteiger partial charge on any atom is 0.260 e. The van der Waals surface area contributed by atoms with Gasteiger partial charge in [0.15, 0.2) is 6.10 Å². The molecule has 8 heteroatoms. The molecule has 0 aliphatic rings. The van der Waals surface area contributed by atoms with Crippen molar-refractivity contribution in [1.82, 2.24) is 15.2 Å². The summed E-state index contributed by atoms with van der Waals surface area (Å²) < 4.78 is 7.98. The Labute approximate surface area is 252 Å². The van der Waals surface area contributed by atoms with Gasteiger partial charge in [-0.15, -0.1) is 0 Å². The van der Waals surface area contributed by atoms with Crippen molar-refractivity contribution < 1.29 is 14.3 Å². The first-order chi connectivity index (χ1) is 19.4. The van der Waals surface area contributed by atoms with E-state index in [9.17, 15) is 9.59 Å². The van der Waals surface area contributed by atoms with E-state index in [1.807, 2.05) is 44.2 Å². The molecule has 4 rings (SSSR count). The molecule has 6 nitrogen and oxygen atoms in total. The summed E-state index contributed by atoms with van der Waals surface area (Å²) in [6, 6.07) is 17.4. The number of hydrogen-bond acceptors (Lipinski definition) is 3. The number of ether oxygens (including phenoxy) is 1. The predicted molar refractivity (Wildman–Crippen MR) is 168 cm³/mol. The molecule has 2 N–H and O–H groups in total. The van der Waals surface area contributed by atoms with Crippen LogP contribution < -0.4 is 15.4 Å². The zero-order chi connectivity index (χ0) is 30.0. The van der Waals surface area contributed by atoms with Crippen LogP contribution in [0.4, 0.5) is 0 Å². The lowest BCUT2D eigenvalue weighted by molar-refractivity contribution is -0.126. The van der Waals surface area contributed by atoms with Crippen LogP contribution in [0, 0.1) is 13.8 Å². The molecule has 1 heterocycles. The molecule has 0 aliphatic heterocycles. The minimum absolute atomic E-state index is 0.119. The number of amides is 2. The molecule has 0 spiro atoms. The first kappa shape index (κ1) is 30.5. The Bertz CT molecular complexity index is 1610. The van der Waals surface area contributed by atoms with Gasteiger partial charge in [0.25, 0.3) is 11.8 Å². The molecular weight excluding hydrogens is 557 g/mol. The summed E-state index contributed by atoms with van der Waals surface area (Å²) in [7, 11) is 1.56. The van der Waals surface area contributed by atoms with Crippen molar-refractivity contribution in [2.45, 2.75) is 66.2 Å². The van der Waals surface area contributed by atoms with Gasteiger partial charge < -0.3 is 19.9 Å². The smallest absolute Gasteiger partial charge is 0.260 e. The van der Waals surface area contributed by atoms with Crippen LogP contribution in [0.5, 0.6) is 5.75 Å². The largest absolute Gasteiger partial charge is 0.479 e. The standard InChI is InChI=1S/C33H37Cl2N3O3/c1-18(2)23-9-8-10-24(13-23)20(4)37-33(40)25-11-12-30-27(14-25)19(3)21(5)38(30)17-26-15-31(29(35)16-28(26)34)41-22(6)32(39)36-7/h8-16,18,20,22H,17H2,1-7H3,(H,36,39)(H,37,40)/t20-,22?/m0/s1. The lowest BCUT2D eigenvalue weighted by Gasteiger charge is -2.17. The molecule has 216 valence electrons. The van der Waals surface area contributed by atoms with Crippen LogP contribution in [-0.2, 0) is 11.3 Å². The Morgan fingerprint density at radius 3 is 2.32 bits per heavy atom. The van der Waals surface area contributed by atoms with Gasteiger partial charge in [-0.2, -0.15) is 0 Å². The summed E-state index contributed by atoms with van der Waals surface area (Å²) in [6.45, 7) is 12.6.